The minimum Gasteiger partial charge on any atom is -0.286 e. The lowest BCUT2D eigenvalue weighted by Crippen LogP contribution is -2.23. The summed E-state index contributed by atoms with van der Waals surface area (Å²) in [5.74, 6) is 0.787. The van der Waals surface area contributed by atoms with Gasteiger partial charge in [0.25, 0.3) is 0 Å². The summed E-state index contributed by atoms with van der Waals surface area (Å²) in [6, 6.07) is 7.46. The van der Waals surface area contributed by atoms with E-state index in [4.69, 9.17) is 9.05 Å². The molecule has 7 nitrogen and oxygen atoms in total. The van der Waals surface area contributed by atoms with E-state index in [2.05, 4.69) is 0 Å². The van der Waals surface area contributed by atoms with Gasteiger partial charge < -0.3 is 0 Å². The average molecular weight is 599 g/mol. The molecule has 0 aromatic heterocycles. The maximum absolute atomic E-state index is 13.0. The molecule has 2 aromatic rings. The van der Waals surface area contributed by atoms with Crippen LogP contribution in [0.3, 0.4) is 0 Å². The van der Waals surface area contributed by atoms with Crippen molar-refractivity contribution < 1.29 is 32.7 Å². The molecule has 2 atom stereocenters. The van der Waals surface area contributed by atoms with E-state index in [1.54, 1.807) is 6.07 Å². The zero-order valence-electron chi connectivity index (χ0n) is 23.3. The van der Waals surface area contributed by atoms with Crippen LogP contribution in [0.15, 0.2) is 24.3 Å². The Morgan fingerprint density at radius 2 is 1.13 bits per heavy atom. The molecule has 0 saturated heterocycles. The molecule has 0 fully saturated rings. The molecule has 0 spiro atoms. The molecule has 0 aliphatic rings. The van der Waals surface area contributed by atoms with E-state index in [0.29, 0.717) is 11.3 Å². The molecular formula is C27H36O7P2S2+2. The maximum Gasteiger partial charge on any atom is 0.747 e. The van der Waals surface area contributed by atoms with Crippen molar-refractivity contribution in [1.82, 2.24) is 0 Å². The lowest BCUT2D eigenvalue weighted by Gasteiger charge is -2.28. The summed E-state index contributed by atoms with van der Waals surface area (Å²) in [7, 11) is -2.93. The normalized spacial score (nSPS) is 12.7. The fourth-order valence-corrected chi connectivity index (χ4v) is 7.68. The van der Waals surface area contributed by atoms with Gasteiger partial charge in [0, 0.05) is 39.4 Å². The predicted molar refractivity (Wildman–Crippen MR) is 157 cm³/mol. The molecule has 1 N–H and O–H groups in total. The second-order valence-electron chi connectivity index (χ2n) is 10.8. The topological polar surface area (TPSA) is 107 Å². The first kappa shape index (κ1) is 32.5. The van der Waals surface area contributed by atoms with E-state index in [-0.39, 0.29) is 28.8 Å². The highest BCUT2D eigenvalue weighted by atomic mass is 33.1. The molecule has 11 heteroatoms. The Balaban J connectivity index is 2.15. The van der Waals surface area contributed by atoms with E-state index < -0.39 is 27.1 Å². The summed E-state index contributed by atoms with van der Waals surface area (Å²) in [5, 5.41) is -0.352. The smallest absolute Gasteiger partial charge is 0.286 e. The van der Waals surface area contributed by atoms with Gasteiger partial charge in [0.05, 0.1) is 0 Å². The molecule has 0 heterocycles. The van der Waals surface area contributed by atoms with Crippen LogP contribution >= 0.6 is 37.9 Å². The zero-order valence-corrected chi connectivity index (χ0v) is 26.8. The van der Waals surface area contributed by atoms with Gasteiger partial charge in [-0.05, 0) is 88.2 Å². The largest absolute Gasteiger partial charge is 0.747 e. The van der Waals surface area contributed by atoms with Crippen molar-refractivity contribution in [2.45, 2.75) is 79.1 Å². The van der Waals surface area contributed by atoms with Crippen molar-refractivity contribution in [1.29, 1.82) is 0 Å². The lowest BCUT2D eigenvalue weighted by atomic mass is 9.78. The fourth-order valence-electron chi connectivity index (χ4n) is 5.01. The van der Waals surface area contributed by atoms with Crippen molar-refractivity contribution in [3.8, 4) is 11.5 Å². The van der Waals surface area contributed by atoms with Crippen molar-refractivity contribution in [2.24, 2.45) is 0 Å². The number of carbonyl (C=O) groups excluding carboxylic acids is 2. The van der Waals surface area contributed by atoms with Crippen LogP contribution in [0, 0.1) is 27.7 Å². The van der Waals surface area contributed by atoms with E-state index in [0.717, 1.165) is 49.4 Å². The molecule has 0 amide bonds. The van der Waals surface area contributed by atoms with Gasteiger partial charge in [-0.25, -0.2) is 4.52 Å². The van der Waals surface area contributed by atoms with Crippen molar-refractivity contribution >= 4 is 48.1 Å². The first-order chi connectivity index (χ1) is 17.4. The molecule has 0 bridgehead atoms. The van der Waals surface area contributed by atoms with Crippen LogP contribution in [0.5, 0.6) is 11.5 Å². The van der Waals surface area contributed by atoms with E-state index in [1.165, 1.54) is 6.66 Å². The average Bonchev–Trinajstić information content (AvgIpc) is 2.68. The summed E-state index contributed by atoms with van der Waals surface area (Å²) in [6.07, 6.45) is 0.253. The van der Waals surface area contributed by atoms with Crippen LogP contribution in [0.25, 0.3) is 0 Å². The highest BCUT2D eigenvalue weighted by Gasteiger charge is 2.35. The summed E-state index contributed by atoms with van der Waals surface area (Å²) in [4.78, 5) is 35.2. The lowest BCUT2D eigenvalue weighted by molar-refractivity contribution is -0.113. The summed E-state index contributed by atoms with van der Waals surface area (Å²) in [6.45, 7) is 16.7. The minimum absolute atomic E-state index is 0.0996. The molecule has 0 aliphatic carbocycles. The molecule has 2 aromatic carbocycles. The Bertz CT molecular complexity index is 1180. The van der Waals surface area contributed by atoms with Crippen molar-refractivity contribution in [2.75, 3.05) is 6.66 Å². The quantitative estimate of drug-likeness (QED) is 0.214. The third-order valence-corrected chi connectivity index (χ3v) is 8.96. The van der Waals surface area contributed by atoms with Crippen LogP contribution < -0.4 is 9.05 Å². The predicted octanol–water partition coefficient (Wildman–Crippen LogP) is 8.17. The maximum atomic E-state index is 13.0. The second kappa shape index (κ2) is 13.1. The van der Waals surface area contributed by atoms with Gasteiger partial charge in [-0.3, -0.25) is 14.1 Å². The zero-order chi connectivity index (χ0) is 29.0. The van der Waals surface area contributed by atoms with Crippen LogP contribution in [0.1, 0.15) is 73.9 Å². The number of rotatable bonds is 10. The number of carbonyl (C=O) groups is 2. The van der Waals surface area contributed by atoms with Crippen LogP contribution in [0.2, 0.25) is 0 Å². The summed E-state index contributed by atoms with van der Waals surface area (Å²) >= 11 is 0. The summed E-state index contributed by atoms with van der Waals surface area (Å²) in [5.41, 5.74) is 3.84. The van der Waals surface area contributed by atoms with Gasteiger partial charge in [0.1, 0.15) is 0 Å². The number of aryl methyl sites for hydroxylation is 4. The molecule has 38 heavy (non-hydrogen) atoms. The Labute approximate surface area is 235 Å². The van der Waals surface area contributed by atoms with Gasteiger partial charge in [-0.15, -0.1) is 4.89 Å². The van der Waals surface area contributed by atoms with Crippen LogP contribution in [0.4, 0.5) is 0 Å². The third kappa shape index (κ3) is 8.89. The third-order valence-electron chi connectivity index (χ3n) is 6.04. The van der Waals surface area contributed by atoms with Gasteiger partial charge in [0.2, 0.25) is 10.2 Å². The monoisotopic (exact) mass is 598 g/mol. The van der Waals surface area contributed by atoms with Crippen molar-refractivity contribution in [3.05, 3.63) is 57.6 Å². The van der Waals surface area contributed by atoms with Crippen LogP contribution in [-0.2, 0) is 29.5 Å². The van der Waals surface area contributed by atoms with Gasteiger partial charge >= 0.3 is 16.3 Å². The number of hydrogen-bond donors (Lipinski definition) is 1. The number of benzene rings is 2. The molecule has 0 aliphatic heterocycles. The Hall–Kier alpha value is -1.76. The van der Waals surface area contributed by atoms with E-state index in [1.807, 2.05) is 73.6 Å². The fraction of sp³-hybridized carbons (Fsp3) is 0.481. The summed E-state index contributed by atoms with van der Waals surface area (Å²) < 4.78 is 34.0. The Morgan fingerprint density at radius 3 is 1.47 bits per heavy atom. The Morgan fingerprint density at radius 1 is 0.763 bits per heavy atom. The van der Waals surface area contributed by atoms with E-state index >= 15 is 0 Å². The standard InChI is InChI=1S/C27H35O7P2S2/c1-16-10-18(3)24(20(12-16)33-35(9)30)26(5,6)14-22(28)37-38-23(29)15-27(7,8)25-19(4)11-17(2)13-21(25)34-36(31)32/h10-13H,14-15H2,1-9H3/q+1/p+1. The Kier molecular flexibility index (Phi) is 11.2. The highest BCUT2D eigenvalue weighted by molar-refractivity contribution is 8.87. The molecule has 0 radical (unpaired) electrons. The first-order valence-corrected chi connectivity index (χ1v) is 16.9. The highest BCUT2D eigenvalue weighted by Crippen LogP contribution is 2.44. The molecule has 2 unspecified atom stereocenters. The number of hydrogen-bond acceptors (Lipinski definition) is 8. The van der Waals surface area contributed by atoms with Gasteiger partial charge in [-0.1, -0.05) is 39.8 Å². The molecular weight excluding hydrogens is 562 g/mol. The second-order valence-corrected chi connectivity index (χ2v) is 14.8. The van der Waals surface area contributed by atoms with Crippen LogP contribution in [-0.4, -0.2) is 21.8 Å². The molecule has 206 valence electrons. The minimum atomic E-state index is -2.86. The van der Waals surface area contributed by atoms with E-state index in [9.17, 15) is 23.6 Å². The van der Waals surface area contributed by atoms with Gasteiger partial charge in [0.15, 0.2) is 18.2 Å². The SMILES string of the molecule is Cc1cc(C)c(C(C)(C)CC(=O)SSC(=O)CC(C)(C)c2c(C)cc(C)cc2O[P+](=O)O)c(O[P+](C)=O)c1. The first-order valence-electron chi connectivity index (χ1n) is 12.0. The van der Waals surface area contributed by atoms with Gasteiger partial charge in [-0.2, -0.15) is 0 Å². The van der Waals surface area contributed by atoms with Crippen molar-refractivity contribution in [3.63, 3.8) is 0 Å². The molecule has 0 saturated carbocycles. The molecule has 2 rings (SSSR count).